The van der Waals surface area contributed by atoms with Crippen LogP contribution in [0, 0.1) is 19.7 Å². The first-order valence-electron chi connectivity index (χ1n) is 6.97. The van der Waals surface area contributed by atoms with Gasteiger partial charge >= 0.3 is 0 Å². The zero-order valence-electron chi connectivity index (χ0n) is 12.7. The summed E-state index contributed by atoms with van der Waals surface area (Å²) in [4.78, 5) is 23.8. The lowest BCUT2D eigenvalue weighted by atomic mass is 10.1. The molecular weight excluding hydrogens is 363 g/mol. The zero-order valence-corrected chi connectivity index (χ0v) is 14.3. The number of carbonyl (C=O) groups excluding carboxylic acids is 2. The van der Waals surface area contributed by atoms with Gasteiger partial charge in [-0.3, -0.25) is 9.59 Å². The van der Waals surface area contributed by atoms with Crippen molar-refractivity contribution < 1.29 is 14.0 Å². The van der Waals surface area contributed by atoms with Gasteiger partial charge < -0.3 is 10.6 Å². The second-order valence-electron chi connectivity index (χ2n) is 5.16. The normalized spacial score (nSPS) is 10.3. The molecule has 2 aromatic rings. The van der Waals surface area contributed by atoms with Crippen molar-refractivity contribution in [1.29, 1.82) is 0 Å². The Morgan fingerprint density at radius 1 is 1.09 bits per heavy atom. The highest BCUT2D eigenvalue weighted by Crippen LogP contribution is 2.19. The Balaban J connectivity index is 1.91. The van der Waals surface area contributed by atoms with Gasteiger partial charge in [0, 0.05) is 15.7 Å². The standard InChI is InChI=1S/C17H16BrFN2O2/c1-10-8-13(4-5-14(10)18)21-16(22)9-20-17(23)12-3-6-15(19)11(2)7-12/h3-8H,9H2,1-2H3,(H,20,23)(H,21,22). The molecule has 0 aliphatic heterocycles. The van der Waals surface area contributed by atoms with Crippen LogP contribution in [0.4, 0.5) is 10.1 Å². The third kappa shape index (κ3) is 4.63. The Hall–Kier alpha value is -2.21. The first-order chi connectivity index (χ1) is 10.9. The molecule has 2 rings (SSSR count). The SMILES string of the molecule is Cc1cc(C(=O)NCC(=O)Nc2ccc(Br)c(C)c2)ccc1F. The minimum Gasteiger partial charge on any atom is -0.343 e. The molecular formula is C17H16BrFN2O2. The Labute approximate surface area is 142 Å². The molecule has 0 aliphatic rings. The lowest BCUT2D eigenvalue weighted by molar-refractivity contribution is -0.115. The molecule has 4 nitrogen and oxygen atoms in total. The number of hydrogen-bond acceptors (Lipinski definition) is 2. The quantitative estimate of drug-likeness (QED) is 0.854. The second-order valence-corrected chi connectivity index (χ2v) is 6.01. The van der Waals surface area contributed by atoms with Gasteiger partial charge in [0.1, 0.15) is 5.82 Å². The van der Waals surface area contributed by atoms with E-state index in [2.05, 4.69) is 26.6 Å². The van der Waals surface area contributed by atoms with Crippen LogP contribution in [0.5, 0.6) is 0 Å². The number of aryl methyl sites for hydroxylation is 2. The topological polar surface area (TPSA) is 58.2 Å². The smallest absolute Gasteiger partial charge is 0.251 e. The molecule has 0 fully saturated rings. The van der Waals surface area contributed by atoms with E-state index < -0.39 is 5.91 Å². The number of hydrogen-bond donors (Lipinski definition) is 2. The van der Waals surface area contributed by atoms with Crippen molar-refractivity contribution in [1.82, 2.24) is 5.32 Å². The summed E-state index contributed by atoms with van der Waals surface area (Å²) >= 11 is 3.39. The van der Waals surface area contributed by atoms with E-state index in [0.717, 1.165) is 10.0 Å². The fourth-order valence-electron chi connectivity index (χ4n) is 1.98. The summed E-state index contributed by atoms with van der Waals surface area (Å²) in [6.07, 6.45) is 0. The predicted molar refractivity (Wildman–Crippen MR) is 91.0 cm³/mol. The molecule has 120 valence electrons. The van der Waals surface area contributed by atoms with Crippen molar-refractivity contribution in [3.63, 3.8) is 0 Å². The van der Waals surface area contributed by atoms with Gasteiger partial charge in [-0.25, -0.2) is 4.39 Å². The van der Waals surface area contributed by atoms with E-state index in [0.29, 0.717) is 16.8 Å². The van der Waals surface area contributed by atoms with Gasteiger partial charge in [-0.05, 0) is 61.4 Å². The Bertz CT molecular complexity index is 762. The van der Waals surface area contributed by atoms with E-state index in [4.69, 9.17) is 0 Å². The number of anilines is 1. The predicted octanol–water partition coefficient (Wildman–Crippen LogP) is 3.57. The van der Waals surface area contributed by atoms with Crippen LogP contribution < -0.4 is 10.6 Å². The van der Waals surface area contributed by atoms with Crippen LogP contribution in [-0.4, -0.2) is 18.4 Å². The summed E-state index contributed by atoms with van der Waals surface area (Å²) in [6, 6.07) is 9.49. The minimum absolute atomic E-state index is 0.162. The zero-order chi connectivity index (χ0) is 17.0. The van der Waals surface area contributed by atoms with Gasteiger partial charge in [0.05, 0.1) is 6.54 Å². The first-order valence-corrected chi connectivity index (χ1v) is 7.76. The molecule has 2 N–H and O–H groups in total. The highest BCUT2D eigenvalue weighted by atomic mass is 79.9. The molecule has 0 saturated heterocycles. The number of nitrogens with one attached hydrogen (secondary N) is 2. The maximum atomic E-state index is 13.2. The van der Waals surface area contributed by atoms with Gasteiger partial charge in [0.25, 0.3) is 5.91 Å². The van der Waals surface area contributed by atoms with Crippen LogP contribution in [-0.2, 0) is 4.79 Å². The average Bonchev–Trinajstić information content (AvgIpc) is 2.51. The largest absolute Gasteiger partial charge is 0.343 e. The van der Waals surface area contributed by atoms with Crippen molar-refractivity contribution >= 4 is 33.4 Å². The van der Waals surface area contributed by atoms with Crippen LogP contribution in [0.1, 0.15) is 21.5 Å². The molecule has 0 heterocycles. The maximum absolute atomic E-state index is 13.2. The molecule has 0 saturated carbocycles. The van der Waals surface area contributed by atoms with Crippen LogP contribution >= 0.6 is 15.9 Å². The van der Waals surface area contributed by atoms with Gasteiger partial charge in [0.15, 0.2) is 0 Å². The van der Waals surface area contributed by atoms with Gasteiger partial charge in [-0.15, -0.1) is 0 Å². The summed E-state index contributed by atoms with van der Waals surface area (Å²) in [5.41, 5.74) is 2.35. The molecule has 6 heteroatoms. The van der Waals surface area contributed by atoms with E-state index in [1.165, 1.54) is 18.2 Å². The van der Waals surface area contributed by atoms with E-state index in [1.807, 2.05) is 19.1 Å². The third-order valence-electron chi connectivity index (χ3n) is 3.27. The molecule has 0 spiro atoms. The number of carbonyl (C=O) groups is 2. The molecule has 0 radical (unpaired) electrons. The molecule has 0 bridgehead atoms. The Morgan fingerprint density at radius 2 is 1.83 bits per heavy atom. The first kappa shape index (κ1) is 17.1. The summed E-state index contributed by atoms with van der Waals surface area (Å²) < 4.78 is 14.1. The number of rotatable bonds is 4. The number of benzene rings is 2. The number of amides is 2. The molecule has 0 atom stereocenters. The minimum atomic E-state index is -0.421. The number of halogens is 2. The monoisotopic (exact) mass is 378 g/mol. The molecule has 0 aliphatic carbocycles. The molecule has 0 aromatic heterocycles. The van der Waals surface area contributed by atoms with Crippen LogP contribution in [0.3, 0.4) is 0 Å². The van der Waals surface area contributed by atoms with E-state index in [1.54, 1.807) is 13.0 Å². The van der Waals surface area contributed by atoms with E-state index in [9.17, 15) is 14.0 Å². The van der Waals surface area contributed by atoms with Crippen LogP contribution in [0.2, 0.25) is 0 Å². The fraction of sp³-hybridized carbons (Fsp3) is 0.176. The van der Waals surface area contributed by atoms with Crippen molar-refractivity contribution in [3.05, 3.63) is 63.4 Å². The van der Waals surface area contributed by atoms with Crippen molar-refractivity contribution in [2.24, 2.45) is 0 Å². The van der Waals surface area contributed by atoms with Gasteiger partial charge in [0.2, 0.25) is 5.91 Å². The lowest BCUT2D eigenvalue weighted by Crippen LogP contribution is -2.32. The van der Waals surface area contributed by atoms with Crippen molar-refractivity contribution in [3.8, 4) is 0 Å². The molecule has 2 amide bonds. The highest BCUT2D eigenvalue weighted by Gasteiger charge is 2.10. The van der Waals surface area contributed by atoms with Crippen LogP contribution in [0.15, 0.2) is 40.9 Å². The summed E-state index contributed by atoms with van der Waals surface area (Å²) in [6.45, 7) is 3.33. The van der Waals surface area contributed by atoms with Gasteiger partial charge in [-0.1, -0.05) is 15.9 Å². The van der Waals surface area contributed by atoms with Crippen molar-refractivity contribution in [2.45, 2.75) is 13.8 Å². The highest BCUT2D eigenvalue weighted by molar-refractivity contribution is 9.10. The summed E-state index contributed by atoms with van der Waals surface area (Å²) in [5.74, 6) is -1.13. The molecule has 23 heavy (non-hydrogen) atoms. The molecule has 0 unspecified atom stereocenters. The van der Waals surface area contributed by atoms with Crippen molar-refractivity contribution in [2.75, 3.05) is 11.9 Å². The lowest BCUT2D eigenvalue weighted by Gasteiger charge is -2.09. The third-order valence-corrected chi connectivity index (χ3v) is 4.16. The summed E-state index contributed by atoms with van der Waals surface area (Å²) in [7, 11) is 0. The Morgan fingerprint density at radius 3 is 2.48 bits per heavy atom. The fourth-order valence-corrected chi connectivity index (χ4v) is 2.22. The van der Waals surface area contributed by atoms with E-state index in [-0.39, 0.29) is 18.3 Å². The Kier molecular flexibility index (Phi) is 5.50. The summed E-state index contributed by atoms with van der Waals surface area (Å²) in [5, 5.41) is 5.21. The molecule has 2 aromatic carbocycles. The van der Waals surface area contributed by atoms with E-state index >= 15 is 0 Å². The average molecular weight is 379 g/mol. The maximum Gasteiger partial charge on any atom is 0.251 e. The van der Waals surface area contributed by atoms with Gasteiger partial charge in [-0.2, -0.15) is 0 Å². The second kappa shape index (κ2) is 7.37. The van der Waals surface area contributed by atoms with Crippen LogP contribution in [0.25, 0.3) is 0 Å².